The van der Waals surface area contributed by atoms with Crippen LogP contribution in [0.4, 0.5) is 0 Å². The Hall–Kier alpha value is -1.70. The lowest BCUT2D eigenvalue weighted by Crippen LogP contribution is -2.40. The van der Waals surface area contributed by atoms with E-state index >= 15 is 0 Å². The van der Waals surface area contributed by atoms with Crippen LogP contribution >= 0.6 is 0 Å². The summed E-state index contributed by atoms with van der Waals surface area (Å²) in [5.74, 6) is -1.49. The zero-order chi connectivity index (χ0) is 19.7. The van der Waals surface area contributed by atoms with Crippen molar-refractivity contribution in [3.05, 3.63) is 23.8 Å². The Bertz CT molecular complexity index is 743. The highest BCUT2D eigenvalue weighted by Gasteiger charge is 2.61. The molecule has 8 atom stereocenters. The van der Waals surface area contributed by atoms with E-state index in [4.69, 9.17) is 18.9 Å². The van der Waals surface area contributed by atoms with Crippen molar-refractivity contribution in [1.29, 1.82) is 0 Å². The van der Waals surface area contributed by atoms with E-state index in [9.17, 15) is 14.7 Å². The van der Waals surface area contributed by atoms with Gasteiger partial charge < -0.3 is 24.1 Å². The average molecular weight is 378 g/mol. The van der Waals surface area contributed by atoms with Crippen molar-refractivity contribution in [1.82, 2.24) is 0 Å². The molecule has 1 N–H and O–H groups in total. The molecule has 0 bridgehead atoms. The molecule has 3 aliphatic heterocycles. The summed E-state index contributed by atoms with van der Waals surface area (Å²) >= 11 is 0. The summed E-state index contributed by atoms with van der Waals surface area (Å²) in [5, 5.41) is 10.4. The van der Waals surface area contributed by atoms with E-state index < -0.39 is 47.4 Å². The number of fused-ring (bicyclic) bond motifs is 2. The number of aliphatic hydroxyl groups excluding tert-OH is 1. The maximum Gasteiger partial charge on any atom is 0.341 e. The van der Waals surface area contributed by atoms with Crippen LogP contribution < -0.4 is 0 Å². The fourth-order valence-electron chi connectivity index (χ4n) is 4.15. The van der Waals surface area contributed by atoms with Crippen molar-refractivity contribution < 1.29 is 33.6 Å². The second-order valence-corrected chi connectivity index (χ2v) is 8.52. The lowest BCUT2D eigenvalue weighted by molar-refractivity contribution is -0.159. The number of hydrogen-bond donors (Lipinski definition) is 1. The molecule has 0 amide bonds. The number of ether oxygens (including phenoxy) is 4. The molecule has 148 valence electrons. The van der Waals surface area contributed by atoms with Gasteiger partial charge in [0, 0.05) is 18.4 Å². The number of hydrogen-bond acceptors (Lipinski definition) is 7. The van der Waals surface area contributed by atoms with E-state index in [1.165, 1.54) is 0 Å². The third-order valence-corrected chi connectivity index (χ3v) is 6.50. The van der Waals surface area contributed by atoms with E-state index in [-0.39, 0.29) is 17.8 Å². The van der Waals surface area contributed by atoms with Crippen molar-refractivity contribution in [2.24, 2.45) is 5.92 Å². The monoisotopic (exact) mass is 378 g/mol. The standard InChI is InChI=1S/C20H26O7/c1-9-6-13-16(10(2)17(22)24-13)14(25-18(23)20(5)11(3)26-20)8-19(4)15(27-19)7-12(9)21/h6,11-16,21H,2,7-8H2,1,3-5H3/b9-6-/t11-,12-,13+,14+,15+,16-,19-,20+/m0/s1. The number of aliphatic hydroxyl groups is 1. The van der Waals surface area contributed by atoms with Crippen molar-refractivity contribution in [3.8, 4) is 0 Å². The van der Waals surface area contributed by atoms with Gasteiger partial charge in [-0.3, -0.25) is 0 Å². The fourth-order valence-corrected chi connectivity index (χ4v) is 4.15. The predicted molar refractivity (Wildman–Crippen MR) is 93.6 cm³/mol. The zero-order valence-electron chi connectivity index (χ0n) is 16.1. The highest BCUT2D eigenvalue weighted by Crippen LogP contribution is 2.48. The minimum absolute atomic E-state index is 0.133. The van der Waals surface area contributed by atoms with Crippen LogP contribution in [-0.4, -0.2) is 58.8 Å². The maximum atomic E-state index is 12.7. The summed E-state index contributed by atoms with van der Waals surface area (Å²) in [6, 6.07) is 0. The lowest BCUT2D eigenvalue weighted by atomic mass is 9.82. The van der Waals surface area contributed by atoms with Gasteiger partial charge in [-0.25, -0.2) is 9.59 Å². The van der Waals surface area contributed by atoms with Gasteiger partial charge in [-0.1, -0.05) is 6.58 Å². The molecule has 0 aromatic carbocycles. The van der Waals surface area contributed by atoms with Gasteiger partial charge in [0.25, 0.3) is 0 Å². The number of rotatable bonds is 2. The first-order valence-electron chi connectivity index (χ1n) is 9.38. The molecule has 0 spiro atoms. The quantitative estimate of drug-likeness (QED) is 0.336. The van der Waals surface area contributed by atoms with Gasteiger partial charge in [0.2, 0.25) is 0 Å². The Morgan fingerprint density at radius 3 is 2.67 bits per heavy atom. The SMILES string of the molecule is C=C1C(=O)O[C@@H]2/C=C(/C)[C@@H](O)C[C@H]3O[C@@]3(C)C[C@@H](OC(=O)[C@]3(C)O[C@H]3C)[C@@H]12. The summed E-state index contributed by atoms with van der Waals surface area (Å²) in [5.41, 5.74) is -0.518. The number of esters is 2. The fraction of sp³-hybridized carbons (Fsp3) is 0.700. The first-order valence-corrected chi connectivity index (χ1v) is 9.38. The van der Waals surface area contributed by atoms with Crippen LogP contribution in [0.1, 0.15) is 40.5 Å². The van der Waals surface area contributed by atoms with Crippen molar-refractivity contribution in [2.75, 3.05) is 0 Å². The topological polar surface area (TPSA) is 97.9 Å². The molecule has 3 fully saturated rings. The molecule has 0 unspecified atom stereocenters. The minimum Gasteiger partial charge on any atom is -0.459 e. The highest BCUT2D eigenvalue weighted by molar-refractivity contribution is 5.91. The van der Waals surface area contributed by atoms with E-state index in [1.54, 1.807) is 19.9 Å². The second-order valence-electron chi connectivity index (χ2n) is 8.52. The van der Waals surface area contributed by atoms with E-state index in [1.807, 2.05) is 13.8 Å². The molecule has 7 nitrogen and oxygen atoms in total. The molecule has 7 heteroatoms. The van der Waals surface area contributed by atoms with E-state index in [2.05, 4.69) is 6.58 Å². The molecule has 0 saturated carbocycles. The van der Waals surface area contributed by atoms with Crippen molar-refractivity contribution in [3.63, 3.8) is 0 Å². The van der Waals surface area contributed by atoms with Crippen molar-refractivity contribution in [2.45, 2.75) is 82.3 Å². The van der Waals surface area contributed by atoms with Gasteiger partial charge in [0.1, 0.15) is 12.2 Å². The molecule has 0 radical (unpaired) electrons. The van der Waals surface area contributed by atoms with Gasteiger partial charge in [0.05, 0.1) is 29.8 Å². The van der Waals surface area contributed by atoms with Crippen LogP contribution in [0.3, 0.4) is 0 Å². The molecule has 3 saturated heterocycles. The van der Waals surface area contributed by atoms with Crippen LogP contribution in [-0.2, 0) is 28.5 Å². The van der Waals surface area contributed by atoms with Gasteiger partial charge >= 0.3 is 11.9 Å². The van der Waals surface area contributed by atoms with Gasteiger partial charge in [-0.05, 0) is 39.3 Å². The third-order valence-electron chi connectivity index (χ3n) is 6.50. The van der Waals surface area contributed by atoms with E-state index in [0.29, 0.717) is 18.4 Å². The summed E-state index contributed by atoms with van der Waals surface area (Å²) < 4.78 is 22.5. The molecule has 4 rings (SSSR count). The molecule has 0 aromatic rings. The summed E-state index contributed by atoms with van der Waals surface area (Å²) in [7, 11) is 0. The summed E-state index contributed by atoms with van der Waals surface area (Å²) in [6.07, 6.45) is 0.284. The number of carbonyl (C=O) groups excluding carboxylic acids is 2. The minimum atomic E-state index is -0.956. The molecule has 3 heterocycles. The molecular formula is C20H26O7. The van der Waals surface area contributed by atoms with Crippen LogP contribution in [0.15, 0.2) is 23.8 Å². The molecule has 27 heavy (non-hydrogen) atoms. The average Bonchev–Trinajstić information content (AvgIpc) is 3.37. The third kappa shape index (κ3) is 3.02. The molecule has 0 aromatic heterocycles. The Labute approximate surface area is 158 Å². The van der Waals surface area contributed by atoms with E-state index in [0.717, 1.165) is 0 Å². The van der Waals surface area contributed by atoms with Gasteiger partial charge in [-0.15, -0.1) is 0 Å². The van der Waals surface area contributed by atoms with Crippen LogP contribution in [0.5, 0.6) is 0 Å². The first-order chi connectivity index (χ1) is 12.5. The molecular weight excluding hydrogens is 352 g/mol. The zero-order valence-corrected chi connectivity index (χ0v) is 16.1. The molecule has 4 aliphatic rings. The van der Waals surface area contributed by atoms with Crippen LogP contribution in [0, 0.1) is 5.92 Å². The molecule has 1 aliphatic carbocycles. The summed E-state index contributed by atoms with van der Waals surface area (Å²) in [4.78, 5) is 24.9. The second kappa shape index (κ2) is 5.90. The number of epoxide rings is 2. The van der Waals surface area contributed by atoms with Gasteiger partial charge in [-0.2, -0.15) is 0 Å². The lowest BCUT2D eigenvalue weighted by Gasteiger charge is -2.29. The maximum absolute atomic E-state index is 12.7. The van der Waals surface area contributed by atoms with Gasteiger partial charge in [0.15, 0.2) is 5.60 Å². The van der Waals surface area contributed by atoms with Crippen molar-refractivity contribution >= 4 is 11.9 Å². The van der Waals surface area contributed by atoms with Crippen LogP contribution in [0.2, 0.25) is 0 Å². The first kappa shape index (κ1) is 18.7. The number of carbonyl (C=O) groups is 2. The smallest absolute Gasteiger partial charge is 0.341 e. The highest BCUT2D eigenvalue weighted by atomic mass is 16.7. The Balaban J connectivity index is 1.67. The Kier molecular flexibility index (Phi) is 4.07. The Morgan fingerprint density at radius 2 is 2.04 bits per heavy atom. The Morgan fingerprint density at radius 1 is 1.37 bits per heavy atom. The largest absolute Gasteiger partial charge is 0.459 e. The van der Waals surface area contributed by atoms with Crippen LogP contribution in [0.25, 0.3) is 0 Å². The summed E-state index contributed by atoms with van der Waals surface area (Å²) in [6.45, 7) is 11.1. The normalized spacial score (nSPS) is 50.6. The predicted octanol–water partition coefficient (Wildman–Crippen LogP) is 1.43.